The molecule has 1 amide bonds. The van der Waals surface area contributed by atoms with E-state index in [-0.39, 0.29) is 5.91 Å². The summed E-state index contributed by atoms with van der Waals surface area (Å²) in [6, 6.07) is 8.59. The number of carbonyl (C=O) groups excluding carboxylic acids is 1. The lowest BCUT2D eigenvalue weighted by molar-refractivity contribution is -0.117. The number of benzene rings is 1. The van der Waals surface area contributed by atoms with Crippen molar-refractivity contribution in [3.8, 4) is 17.2 Å². The predicted molar refractivity (Wildman–Crippen MR) is 96.0 cm³/mol. The van der Waals surface area contributed by atoms with E-state index in [2.05, 4.69) is 16.4 Å². The molecule has 4 nitrogen and oxygen atoms in total. The summed E-state index contributed by atoms with van der Waals surface area (Å²) in [6.45, 7) is 6.22. The zero-order valence-corrected chi connectivity index (χ0v) is 14.6. The molecule has 1 heterocycles. The van der Waals surface area contributed by atoms with E-state index in [0.717, 1.165) is 23.1 Å². The number of aromatic nitrogens is 1. The predicted octanol–water partition coefficient (Wildman–Crippen LogP) is 4.00. The maximum atomic E-state index is 13.5. The van der Waals surface area contributed by atoms with Crippen LogP contribution in [0.3, 0.4) is 0 Å². The van der Waals surface area contributed by atoms with E-state index < -0.39 is 5.95 Å². The molecule has 128 valence electrons. The van der Waals surface area contributed by atoms with Crippen LogP contribution in [0.1, 0.15) is 37.0 Å². The highest BCUT2D eigenvalue weighted by molar-refractivity contribution is 5.97. The van der Waals surface area contributed by atoms with Crippen molar-refractivity contribution < 1.29 is 9.18 Å². The fourth-order valence-corrected chi connectivity index (χ4v) is 2.50. The maximum absolute atomic E-state index is 13.5. The van der Waals surface area contributed by atoms with Crippen LogP contribution in [0, 0.1) is 24.2 Å². The van der Waals surface area contributed by atoms with Crippen LogP contribution in [-0.2, 0) is 4.79 Å². The third-order valence-corrected chi connectivity index (χ3v) is 3.88. The zero-order chi connectivity index (χ0) is 18.4. The van der Waals surface area contributed by atoms with Crippen LogP contribution >= 0.6 is 0 Å². The Morgan fingerprint density at radius 2 is 2.16 bits per heavy atom. The van der Waals surface area contributed by atoms with Crippen molar-refractivity contribution in [2.75, 3.05) is 6.54 Å². The first kappa shape index (κ1) is 18.3. The highest BCUT2D eigenvalue weighted by Gasteiger charge is 2.11. The fourth-order valence-electron chi connectivity index (χ4n) is 2.50. The van der Waals surface area contributed by atoms with Gasteiger partial charge >= 0.3 is 0 Å². The number of carbonyl (C=O) groups is 1. The average molecular weight is 337 g/mol. The largest absolute Gasteiger partial charge is 0.352 e. The Bertz CT molecular complexity index is 866. The minimum atomic E-state index is -0.577. The van der Waals surface area contributed by atoms with Gasteiger partial charge < -0.3 is 5.32 Å². The smallest absolute Gasteiger partial charge is 0.246 e. The third-order valence-electron chi connectivity index (χ3n) is 3.88. The van der Waals surface area contributed by atoms with Crippen molar-refractivity contribution in [2.45, 2.75) is 27.2 Å². The van der Waals surface area contributed by atoms with E-state index in [1.807, 2.05) is 13.8 Å². The lowest BCUT2D eigenvalue weighted by Gasteiger charge is -2.11. The standard InChI is InChI=1S/C20H20FN3O/c1-4-6-24-20(25)13(2)8-17-9-15(12-22)10-18(14(17)3)16-5-7-23-19(21)11-16/h5,7-11H,4,6H2,1-3H3,(H,24,25)/b13-8+. The molecule has 0 radical (unpaired) electrons. The van der Waals surface area contributed by atoms with Gasteiger partial charge in [-0.15, -0.1) is 0 Å². The Morgan fingerprint density at radius 1 is 1.40 bits per heavy atom. The Hall–Kier alpha value is -3.00. The highest BCUT2D eigenvalue weighted by Crippen LogP contribution is 2.28. The molecule has 0 saturated heterocycles. The minimum Gasteiger partial charge on any atom is -0.352 e. The van der Waals surface area contributed by atoms with Crippen LogP contribution in [0.5, 0.6) is 0 Å². The van der Waals surface area contributed by atoms with Crippen molar-refractivity contribution in [1.29, 1.82) is 5.26 Å². The number of nitrogens with one attached hydrogen (secondary N) is 1. The highest BCUT2D eigenvalue weighted by atomic mass is 19.1. The number of hydrogen-bond acceptors (Lipinski definition) is 3. The normalized spacial score (nSPS) is 11.1. The van der Waals surface area contributed by atoms with Gasteiger partial charge in [-0.2, -0.15) is 9.65 Å². The van der Waals surface area contributed by atoms with Gasteiger partial charge in [-0.1, -0.05) is 6.92 Å². The lowest BCUT2D eigenvalue weighted by Crippen LogP contribution is -2.24. The number of nitrogens with zero attached hydrogens (tertiary/aromatic N) is 2. The summed E-state index contributed by atoms with van der Waals surface area (Å²) < 4.78 is 13.5. The number of amides is 1. The van der Waals surface area contributed by atoms with Gasteiger partial charge in [0.05, 0.1) is 11.6 Å². The summed E-state index contributed by atoms with van der Waals surface area (Å²) in [7, 11) is 0. The molecular weight excluding hydrogens is 317 g/mol. The SMILES string of the molecule is CCCNC(=O)/C(C)=C/c1cc(C#N)cc(-c2ccnc(F)c2)c1C. The molecule has 1 N–H and O–H groups in total. The molecule has 0 unspecified atom stereocenters. The van der Waals surface area contributed by atoms with Crippen LogP contribution in [0.15, 0.2) is 36.0 Å². The van der Waals surface area contributed by atoms with Gasteiger partial charge in [-0.25, -0.2) is 4.98 Å². The van der Waals surface area contributed by atoms with Gasteiger partial charge in [0.2, 0.25) is 11.9 Å². The Morgan fingerprint density at radius 3 is 2.80 bits per heavy atom. The molecule has 5 heteroatoms. The van der Waals surface area contributed by atoms with E-state index in [4.69, 9.17) is 0 Å². The number of pyridine rings is 1. The van der Waals surface area contributed by atoms with Crippen molar-refractivity contribution in [3.63, 3.8) is 0 Å². The van der Waals surface area contributed by atoms with E-state index >= 15 is 0 Å². The number of nitriles is 1. The van der Waals surface area contributed by atoms with Gasteiger partial charge in [0.15, 0.2) is 0 Å². The molecule has 2 aromatic rings. The van der Waals surface area contributed by atoms with Gasteiger partial charge in [0.25, 0.3) is 0 Å². The van der Waals surface area contributed by atoms with Gasteiger partial charge in [-0.3, -0.25) is 4.79 Å². The van der Waals surface area contributed by atoms with Crippen LogP contribution in [0.2, 0.25) is 0 Å². The Kier molecular flexibility index (Phi) is 6.02. The number of rotatable bonds is 5. The average Bonchev–Trinajstić information content (AvgIpc) is 2.61. The minimum absolute atomic E-state index is 0.139. The van der Waals surface area contributed by atoms with E-state index in [1.54, 1.807) is 31.2 Å². The van der Waals surface area contributed by atoms with Crippen molar-refractivity contribution in [1.82, 2.24) is 10.3 Å². The first-order chi connectivity index (χ1) is 12.0. The van der Waals surface area contributed by atoms with Crippen molar-refractivity contribution in [3.05, 3.63) is 58.7 Å². The van der Waals surface area contributed by atoms with E-state index in [0.29, 0.717) is 23.2 Å². The van der Waals surface area contributed by atoms with Crippen molar-refractivity contribution in [2.24, 2.45) is 0 Å². The summed E-state index contributed by atoms with van der Waals surface area (Å²) in [5, 5.41) is 12.1. The molecule has 2 rings (SSSR count). The third kappa shape index (κ3) is 4.51. The van der Waals surface area contributed by atoms with Crippen molar-refractivity contribution >= 4 is 12.0 Å². The zero-order valence-electron chi connectivity index (χ0n) is 14.6. The summed E-state index contributed by atoms with van der Waals surface area (Å²) in [5.41, 5.74) is 4.02. The molecule has 0 atom stereocenters. The van der Waals surface area contributed by atoms with Crippen LogP contribution < -0.4 is 5.32 Å². The van der Waals surface area contributed by atoms with Crippen LogP contribution in [-0.4, -0.2) is 17.4 Å². The first-order valence-electron chi connectivity index (χ1n) is 8.09. The topological polar surface area (TPSA) is 65.8 Å². The summed E-state index contributed by atoms with van der Waals surface area (Å²) in [5.74, 6) is -0.716. The molecule has 0 bridgehead atoms. The molecule has 1 aromatic heterocycles. The Balaban J connectivity index is 2.51. The van der Waals surface area contributed by atoms with Gasteiger partial charge in [-0.05, 0) is 66.8 Å². The van der Waals surface area contributed by atoms with Gasteiger partial charge in [0, 0.05) is 24.4 Å². The molecular formula is C20H20FN3O. The molecule has 0 aliphatic heterocycles. The summed E-state index contributed by atoms with van der Waals surface area (Å²) in [6.07, 6.45) is 4.00. The molecule has 0 saturated carbocycles. The Labute approximate surface area is 147 Å². The molecule has 0 aliphatic carbocycles. The van der Waals surface area contributed by atoms with Crippen LogP contribution in [0.25, 0.3) is 17.2 Å². The quantitative estimate of drug-likeness (QED) is 0.662. The molecule has 0 spiro atoms. The molecule has 0 fully saturated rings. The summed E-state index contributed by atoms with van der Waals surface area (Å²) in [4.78, 5) is 15.6. The molecule has 25 heavy (non-hydrogen) atoms. The second-order valence-corrected chi connectivity index (χ2v) is 5.80. The maximum Gasteiger partial charge on any atom is 0.246 e. The van der Waals surface area contributed by atoms with Gasteiger partial charge in [0.1, 0.15) is 0 Å². The fraction of sp³-hybridized carbons (Fsp3) is 0.250. The van der Waals surface area contributed by atoms with E-state index in [1.165, 1.54) is 12.3 Å². The van der Waals surface area contributed by atoms with Crippen LogP contribution in [0.4, 0.5) is 4.39 Å². The van der Waals surface area contributed by atoms with E-state index in [9.17, 15) is 14.4 Å². The molecule has 1 aromatic carbocycles. The second-order valence-electron chi connectivity index (χ2n) is 5.80. The first-order valence-corrected chi connectivity index (χ1v) is 8.09. The number of halogens is 1. The molecule has 0 aliphatic rings. The second kappa shape index (κ2) is 8.20. The summed E-state index contributed by atoms with van der Waals surface area (Å²) >= 11 is 0. The monoisotopic (exact) mass is 337 g/mol. The lowest BCUT2D eigenvalue weighted by atomic mass is 9.93. The number of hydrogen-bond donors (Lipinski definition) is 1.